The molecule has 0 bridgehead atoms. The van der Waals surface area contributed by atoms with Gasteiger partial charge in [-0.05, 0) is 17.7 Å². The Morgan fingerprint density at radius 2 is 2.07 bits per heavy atom. The first-order valence-corrected chi connectivity index (χ1v) is 4.34. The summed E-state index contributed by atoms with van der Waals surface area (Å²) >= 11 is 0. The Kier molecular flexibility index (Phi) is 2.11. The maximum absolute atomic E-state index is 12.6. The predicted octanol–water partition coefficient (Wildman–Crippen LogP) is 1.95. The van der Waals surface area contributed by atoms with E-state index in [2.05, 4.69) is 0 Å². The van der Waals surface area contributed by atoms with E-state index in [1.165, 1.54) is 17.0 Å². The van der Waals surface area contributed by atoms with Gasteiger partial charge in [0, 0.05) is 7.05 Å². The fourth-order valence-electron chi connectivity index (χ4n) is 1.42. The highest BCUT2D eigenvalue weighted by Crippen LogP contribution is 2.24. The Labute approximate surface area is 81.1 Å². The molecule has 1 saturated heterocycles. The highest BCUT2D eigenvalue weighted by molar-refractivity contribution is 5.69. The van der Waals surface area contributed by atoms with Crippen LogP contribution < -0.4 is 0 Å². The smallest absolute Gasteiger partial charge is 0.410 e. The zero-order valence-electron chi connectivity index (χ0n) is 7.74. The van der Waals surface area contributed by atoms with Gasteiger partial charge in [-0.1, -0.05) is 12.1 Å². The number of carbonyl (C=O) groups is 1. The van der Waals surface area contributed by atoms with E-state index in [9.17, 15) is 9.18 Å². The minimum Gasteiger partial charge on any atom is -0.439 e. The summed E-state index contributed by atoms with van der Waals surface area (Å²) in [4.78, 5) is 12.5. The number of nitrogens with zero attached hydrogens (tertiary/aromatic N) is 1. The Morgan fingerprint density at radius 1 is 1.43 bits per heavy atom. The molecule has 3 nitrogen and oxygen atoms in total. The van der Waals surface area contributed by atoms with Crippen molar-refractivity contribution in [1.82, 2.24) is 4.90 Å². The summed E-state index contributed by atoms with van der Waals surface area (Å²) in [5.74, 6) is -0.286. The number of hydrogen-bond donors (Lipinski definition) is 0. The molecule has 0 N–H and O–H groups in total. The van der Waals surface area contributed by atoms with Gasteiger partial charge in [0.1, 0.15) is 11.9 Å². The van der Waals surface area contributed by atoms with Crippen LogP contribution in [-0.4, -0.2) is 24.6 Å². The summed E-state index contributed by atoms with van der Waals surface area (Å²) in [6, 6.07) is 5.99. The van der Waals surface area contributed by atoms with Crippen molar-refractivity contribution in [2.75, 3.05) is 13.6 Å². The van der Waals surface area contributed by atoms with E-state index in [4.69, 9.17) is 4.74 Å². The van der Waals surface area contributed by atoms with Crippen LogP contribution in [0, 0.1) is 5.82 Å². The van der Waals surface area contributed by atoms with E-state index in [0.29, 0.717) is 6.54 Å². The summed E-state index contributed by atoms with van der Waals surface area (Å²) < 4.78 is 17.7. The van der Waals surface area contributed by atoms with Crippen molar-refractivity contribution in [2.24, 2.45) is 0 Å². The number of ether oxygens (including phenoxy) is 1. The largest absolute Gasteiger partial charge is 0.439 e. The summed E-state index contributed by atoms with van der Waals surface area (Å²) in [7, 11) is 1.67. The van der Waals surface area contributed by atoms with Crippen LogP contribution in [0.15, 0.2) is 24.3 Å². The first kappa shape index (κ1) is 8.99. The summed E-state index contributed by atoms with van der Waals surface area (Å²) in [5.41, 5.74) is 0.823. The minimum absolute atomic E-state index is 0.270. The SMILES string of the molecule is CN1CC(c2ccc(F)cc2)OC1=O. The third-order valence-corrected chi connectivity index (χ3v) is 2.24. The lowest BCUT2D eigenvalue weighted by Gasteiger charge is -2.07. The molecule has 1 aliphatic heterocycles. The molecule has 0 spiro atoms. The minimum atomic E-state index is -0.334. The molecule has 1 unspecified atom stereocenters. The summed E-state index contributed by atoms with van der Waals surface area (Å²) in [5, 5.41) is 0. The van der Waals surface area contributed by atoms with E-state index in [-0.39, 0.29) is 18.0 Å². The van der Waals surface area contributed by atoms with E-state index in [1.807, 2.05) is 0 Å². The lowest BCUT2D eigenvalue weighted by atomic mass is 10.1. The average Bonchev–Trinajstić information content (AvgIpc) is 2.48. The van der Waals surface area contributed by atoms with Crippen molar-refractivity contribution in [3.63, 3.8) is 0 Å². The van der Waals surface area contributed by atoms with Crippen LogP contribution >= 0.6 is 0 Å². The molecule has 1 fully saturated rings. The summed E-state index contributed by atoms with van der Waals surface area (Å²) in [6.45, 7) is 0.518. The van der Waals surface area contributed by atoms with Gasteiger partial charge in [0.05, 0.1) is 6.54 Å². The molecule has 1 aromatic rings. The molecular formula is C10H10FNO2. The maximum Gasteiger partial charge on any atom is 0.410 e. The number of hydrogen-bond acceptors (Lipinski definition) is 2. The molecule has 0 aromatic heterocycles. The highest BCUT2D eigenvalue weighted by Gasteiger charge is 2.29. The second kappa shape index (κ2) is 3.29. The molecule has 1 amide bonds. The van der Waals surface area contributed by atoms with E-state index in [0.717, 1.165) is 5.56 Å². The number of cyclic esters (lactones) is 1. The molecule has 0 aliphatic carbocycles. The van der Waals surface area contributed by atoms with Crippen LogP contribution in [0.5, 0.6) is 0 Å². The van der Waals surface area contributed by atoms with Gasteiger partial charge in [-0.2, -0.15) is 0 Å². The third-order valence-electron chi connectivity index (χ3n) is 2.24. The molecule has 74 valence electrons. The molecule has 0 radical (unpaired) electrons. The van der Waals surface area contributed by atoms with Gasteiger partial charge in [0.15, 0.2) is 0 Å². The fourth-order valence-corrected chi connectivity index (χ4v) is 1.42. The van der Waals surface area contributed by atoms with Gasteiger partial charge in [0.25, 0.3) is 0 Å². The van der Waals surface area contributed by atoms with Crippen LogP contribution in [0.3, 0.4) is 0 Å². The van der Waals surface area contributed by atoms with Gasteiger partial charge < -0.3 is 9.64 Å². The third kappa shape index (κ3) is 1.55. The van der Waals surface area contributed by atoms with Gasteiger partial charge >= 0.3 is 6.09 Å². The average molecular weight is 195 g/mol. The van der Waals surface area contributed by atoms with Crippen LogP contribution in [-0.2, 0) is 4.74 Å². The van der Waals surface area contributed by atoms with Crippen molar-refractivity contribution in [2.45, 2.75) is 6.10 Å². The van der Waals surface area contributed by atoms with Crippen LogP contribution in [0.1, 0.15) is 11.7 Å². The molecule has 2 rings (SSSR count). The first-order chi connectivity index (χ1) is 6.66. The lowest BCUT2D eigenvalue weighted by molar-refractivity contribution is 0.135. The van der Waals surface area contributed by atoms with Gasteiger partial charge in [-0.15, -0.1) is 0 Å². The number of benzene rings is 1. The number of likely N-dealkylation sites (N-methyl/N-ethyl adjacent to an activating group) is 1. The Morgan fingerprint density at radius 3 is 2.57 bits per heavy atom. The molecule has 1 atom stereocenters. The zero-order chi connectivity index (χ0) is 10.1. The molecule has 14 heavy (non-hydrogen) atoms. The van der Waals surface area contributed by atoms with Crippen molar-refractivity contribution in [3.8, 4) is 0 Å². The van der Waals surface area contributed by atoms with Gasteiger partial charge in [-0.3, -0.25) is 0 Å². The van der Waals surface area contributed by atoms with Gasteiger partial charge in [0.2, 0.25) is 0 Å². The number of rotatable bonds is 1. The Hall–Kier alpha value is -1.58. The van der Waals surface area contributed by atoms with Crippen molar-refractivity contribution in [1.29, 1.82) is 0 Å². The second-order valence-electron chi connectivity index (χ2n) is 3.30. The van der Waals surface area contributed by atoms with Crippen LogP contribution in [0.4, 0.5) is 9.18 Å². The second-order valence-corrected chi connectivity index (χ2v) is 3.30. The normalized spacial score (nSPS) is 21.1. The summed E-state index contributed by atoms with van der Waals surface area (Å²) in [6.07, 6.45) is -0.604. The van der Waals surface area contributed by atoms with Crippen molar-refractivity contribution in [3.05, 3.63) is 35.6 Å². The highest BCUT2D eigenvalue weighted by atomic mass is 19.1. The number of halogens is 1. The van der Waals surface area contributed by atoms with E-state index >= 15 is 0 Å². The molecule has 1 heterocycles. The van der Waals surface area contributed by atoms with E-state index < -0.39 is 0 Å². The Balaban J connectivity index is 2.17. The maximum atomic E-state index is 12.6. The van der Waals surface area contributed by atoms with E-state index in [1.54, 1.807) is 19.2 Å². The van der Waals surface area contributed by atoms with Gasteiger partial charge in [-0.25, -0.2) is 9.18 Å². The Bertz CT molecular complexity index is 350. The monoisotopic (exact) mass is 195 g/mol. The fraction of sp³-hybridized carbons (Fsp3) is 0.300. The molecular weight excluding hydrogens is 185 g/mol. The quantitative estimate of drug-likeness (QED) is 0.685. The lowest BCUT2D eigenvalue weighted by Crippen LogP contribution is -2.17. The zero-order valence-corrected chi connectivity index (χ0v) is 7.74. The molecule has 1 aromatic carbocycles. The first-order valence-electron chi connectivity index (χ1n) is 4.34. The molecule has 4 heteroatoms. The standard InChI is InChI=1S/C10H10FNO2/c1-12-6-9(14-10(12)13)7-2-4-8(11)5-3-7/h2-5,9H,6H2,1H3. The van der Waals surface area contributed by atoms with Crippen LogP contribution in [0.25, 0.3) is 0 Å². The molecule has 0 saturated carbocycles. The van der Waals surface area contributed by atoms with Crippen molar-refractivity contribution >= 4 is 6.09 Å². The van der Waals surface area contributed by atoms with Crippen molar-refractivity contribution < 1.29 is 13.9 Å². The van der Waals surface area contributed by atoms with Crippen LogP contribution in [0.2, 0.25) is 0 Å². The number of carbonyl (C=O) groups excluding carboxylic acids is 1. The number of amides is 1. The predicted molar refractivity (Wildman–Crippen MR) is 48.3 cm³/mol. The topological polar surface area (TPSA) is 29.5 Å². The molecule has 1 aliphatic rings.